The number of azo groups is 1. The van der Waals surface area contributed by atoms with Crippen molar-refractivity contribution in [2.75, 3.05) is 0 Å². The molecule has 11 heteroatoms. The molecule has 0 saturated heterocycles. The summed E-state index contributed by atoms with van der Waals surface area (Å²) in [6, 6.07) is 9.01. The zero-order valence-corrected chi connectivity index (χ0v) is 15.9. The van der Waals surface area contributed by atoms with Gasteiger partial charge >= 0.3 is 17.9 Å². The van der Waals surface area contributed by atoms with Gasteiger partial charge in [-0.1, -0.05) is 6.07 Å². The Bertz CT molecular complexity index is 1300. The molecule has 11 nitrogen and oxygen atoms in total. The number of aromatic hydroxyl groups is 3. The first kappa shape index (κ1) is 21.8. The molecule has 3 aromatic rings. The van der Waals surface area contributed by atoms with Crippen molar-refractivity contribution in [1.82, 2.24) is 0 Å². The second-order valence-electron chi connectivity index (χ2n) is 6.44. The second kappa shape index (κ2) is 8.44. The fraction of sp³-hybridized carbons (Fsp3) is 0. The van der Waals surface area contributed by atoms with E-state index in [1.165, 1.54) is 12.1 Å². The van der Waals surface area contributed by atoms with Crippen LogP contribution in [0, 0.1) is 0 Å². The molecule has 0 atom stereocenters. The number of benzene rings is 3. The lowest BCUT2D eigenvalue weighted by molar-refractivity contribution is 0.0682. The van der Waals surface area contributed by atoms with Crippen LogP contribution in [-0.4, -0.2) is 48.5 Å². The number of carbonyl (C=O) groups is 3. The van der Waals surface area contributed by atoms with Crippen LogP contribution in [0.15, 0.2) is 58.8 Å². The Morgan fingerprint density at radius 3 is 1.72 bits per heavy atom. The van der Waals surface area contributed by atoms with E-state index in [9.17, 15) is 39.9 Å². The van der Waals surface area contributed by atoms with Crippen LogP contribution in [0.4, 0.5) is 11.4 Å². The number of carboxylic acid groups (broad SMARTS) is 3. The topological polar surface area (TPSA) is 197 Å². The fourth-order valence-corrected chi connectivity index (χ4v) is 2.81. The standard InChI is InChI=1S/C21H14N2O9/c24-16-3-1-9(5-12(16)19(27)28)11-8-18(26)14(21(31)32)7-15(11)23-22-10-2-4-17(25)13(6-10)20(29)30/h1-8,24-26H,(H,27,28)(H,29,30)(H,31,32). The highest BCUT2D eigenvalue weighted by Crippen LogP contribution is 2.38. The van der Waals surface area contributed by atoms with E-state index < -0.39 is 51.8 Å². The first-order valence-corrected chi connectivity index (χ1v) is 8.73. The number of carboxylic acids is 3. The third-order valence-electron chi connectivity index (χ3n) is 4.37. The lowest BCUT2D eigenvalue weighted by Gasteiger charge is -2.10. The minimum Gasteiger partial charge on any atom is -0.507 e. The van der Waals surface area contributed by atoms with E-state index in [-0.39, 0.29) is 22.5 Å². The third kappa shape index (κ3) is 4.31. The molecule has 0 aromatic heterocycles. The Morgan fingerprint density at radius 1 is 0.594 bits per heavy atom. The Kier molecular flexibility index (Phi) is 5.74. The molecule has 3 rings (SSSR count). The van der Waals surface area contributed by atoms with E-state index >= 15 is 0 Å². The Morgan fingerprint density at radius 2 is 1.12 bits per heavy atom. The summed E-state index contributed by atoms with van der Waals surface area (Å²) in [5.74, 6) is -5.87. The van der Waals surface area contributed by atoms with Gasteiger partial charge in [-0.25, -0.2) is 14.4 Å². The molecule has 0 aliphatic rings. The maximum atomic E-state index is 11.4. The van der Waals surface area contributed by atoms with Gasteiger partial charge in [0.15, 0.2) is 0 Å². The van der Waals surface area contributed by atoms with Crippen LogP contribution in [0.3, 0.4) is 0 Å². The fourth-order valence-electron chi connectivity index (χ4n) is 2.81. The average Bonchev–Trinajstić information content (AvgIpc) is 2.73. The quantitative estimate of drug-likeness (QED) is 0.308. The highest BCUT2D eigenvalue weighted by Gasteiger charge is 2.18. The maximum Gasteiger partial charge on any atom is 0.339 e. The zero-order valence-electron chi connectivity index (χ0n) is 15.9. The van der Waals surface area contributed by atoms with Gasteiger partial charge < -0.3 is 30.6 Å². The lowest BCUT2D eigenvalue weighted by Crippen LogP contribution is -1.99. The minimum absolute atomic E-state index is 0.0213. The van der Waals surface area contributed by atoms with Gasteiger partial charge in [0.1, 0.15) is 33.9 Å². The Balaban J connectivity index is 2.18. The molecule has 0 amide bonds. The van der Waals surface area contributed by atoms with Gasteiger partial charge in [-0.05, 0) is 48.0 Å². The summed E-state index contributed by atoms with van der Waals surface area (Å²) in [6.07, 6.45) is 0. The van der Waals surface area contributed by atoms with Crippen molar-refractivity contribution in [2.45, 2.75) is 0 Å². The van der Waals surface area contributed by atoms with E-state index in [4.69, 9.17) is 5.11 Å². The highest BCUT2D eigenvalue weighted by molar-refractivity contribution is 5.96. The summed E-state index contributed by atoms with van der Waals surface area (Å²) >= 11 is 0. The van der Waals surface area contributed by atoms with E-state index in [1.54, 1.807) is 0 Å². The van der Waals surface area contributed by atoms with Crippen LogP contribution in [0.25, 0.3) is 11.1 Å². The lowest BCUT2D eigenvalue weighted by atomic mass is 9.98. The summed E-state index contributed by atoms with van der Waals surface area (Å²) in [5.41, 5.74) is -1.16. The van der Waals surface area contributed by atoms with Crippen molar-refractivity contribution >= 4 is 29.3 Å². The zero-order chi connectivity index (χ0) is 23.6. The smallest absolute Gasteiger partial charge is 0.339 e. The largest absolute Gasteiger partial charge is 0.507 e. The van der Waals surface area contributed by atoms with Crippen LogP contribution in [0.5, 0.6) is 17.2 Å². The molecule has 0 aliphatic carbocycles. The average molecular weight is 438 g/mol. The third-order valence-corrected chi connectivity index (χ3v) is 4.37. The molecule has 0 fully saturated rings. The predicted molar refractivity (Wildman–Crippen MR) is 108 cm³/mol. The first-order valence-electron chi connectivity index (χ1n) is 8.73. The van der Waals surface area contributed by atoms with E-state index in [0.29, 0.717) is 0 Å². The number of hydrogen-bond acceptors (Lipinski definition) is 8. The van der Waals surface area contributed by atoms with Gasteiger partial charge in [0.2, 0.25) is 0 Å². The highest BCUT2D eigenvalue weighted by atomic mass is 16.4. The van der Waals surface area contributed by atoms with Crippen molar-refractivity contribution in [2.24, 2.45) is 10.2 Å². The SMILES string of the molecule is O=C(O)c1cc(N=Nc2cc(C(=O)O)c(O)cc2-c2ccc(O)c(C(=O)O)c2)ccc1O. The summed E-state index contributed by atoms with van der Waals surface area (Å²) in [7, 11) is 0. The maximum absolute atomic E-state index is 11.4. The summed E-state index contributed by atoms with van der Waals surface area (Å²) in [4.78, 5) is 33.9. The van der Waals surface area contributed by atoms with Gasteiger partial charge in [-0.2, -0.15) is 5.11 Å². The van der Waals surface area contributed by atoms with Gasteiger partial charge in [-0.15, -0.1) is 5.11 Å². The molecule has 0 saturated carbocycles. The van der Waals surface area contributed by atoms with Crippen molar-refractivity contribution < 1.29 is 45.0 Å². The van der Waals surface area contributed by atoms with Crippen molar-refractivity contribution in [3.8, 4) is 28.4 Å². The molecule has 0 unspecified atom stereocenters. The molecule has 3 aromatic carbocycles. The normalized spacial score (nSPS) is 10.9. The number of nitrogens with zero attached hydrogens (tertiary/aromatic N) is 2. The summed E-state index contributed by atoms with van der Waals surface area (Å²) in [6.45, 7) is 0. The first-order chi connectivity index (χ1) is 15.1. The number of aromatic carboxylic acids is 3. The molecule has 0 radical (unpaired) electrons. The molecule has 6 N–H and O–H groups in total. The van der Waals surface area contributed by atoms with Crippen LogP contribution < -0.4 is 0 Å². The predicted octanol–water partition coefficient (Wildman–Crippen LogP) is 3.98. The molecule has 32 heavy (non-hydrogen) atoms. The minimum atomic E-state index is -1.46. The van der Waals surface area contributed by atoms with Gasteiger partial charge in [0.05, 0.1) is 11.4 Å². The van der Waals surface area contributed by atoms with Crippen LogP contribution in [0.1, 0.15) is 31.1 Å². The van der Waals surface area contributed by atoms with Crippen LogP contribution in [-0.2, 0) is 0 Å². The van der Waals surface area contributed by atoms with E-state index in [0.717, 1.165) is 36.4 Å². The molecular weight excluding hydrogens is 424 g/mol. The van der Waals surface area contributed by atoms with Crippen molar-refractivity contribution in [3.63, 3.8) is 0 Å². The van der Waals surface area contributed by atoms with E-state index in [2.05, 4.69) is 10.2 Å². The Hall–Kier alpha value is -4.93. The van der Waals surface area contributed by atoms with Crippen molar-refractivity contribution in [1.29, 1.82) is 0 Å². The summed E-state index contributed by atoms with van der Waals surface area (Å²) in [5, 5.41) is 64.8. The second-order valence-corrected chi connectivity index (χ2v) is 6.44. The van der Waals surface area contributed by atoms with Crippen molar-refractivity contribution in [3.05, 3.63) is 65.2 Å². The molecule has 0 aliphatic heterocycles. The van der Waals surface area contributed by atoms with Gasteiger partial charge in [0, 0.05) is 5.56 Å². The number of rotatable bonds is 6. The van der Waals surface area contributed by atoms with Gasteiger partial charge in [-0.3, -0.25) is 0 Å². The van der Waals surface area contributed by atoms with E-state index in [1.807, 2.05) is 0 Å². The van der Waals surface area contributed by atoms with Crippen LogP contribution >= 0.6 is 0 Å². The molecule has 0 heterocycles. The van der Waals surface area contributed by atoms with Gasteiger partial charge in [0.25, 0.3) is 0 Å². The van der Waals surface area contributed by atoms with Crippen LogP contribution in [0.2, 0.25) is 0 Å². The molecular formula is C21H14N2O9. The number of phenols is 3. The number of hydrogen-bond donors (Lipinski definition) is 6. The molecule has 0 spiro atoms. The monoisotopic (exact) mass is 438 g/mol. The summed E-state index contributed by atoms with van der Waals surface area (Å²) < 4.78 is 0. The molecule has 0 bridgehead atoms. The Labute approximate surface area is 178 Å². The molecule has 162 valence electrons.